The fraction of sp³-hybridized carbons (Fsp3) is 0.100. The minimum absolute atomic E-state index is 0.629. The van der Waals surface area contributed by atoms with Gasteiger partial charge in [0.05, 0.1) is 11.2 Å². The Kier molecular flexibility index (Phi) is 2.07. The summed E-state index contributed by atoms with van der Waals surface area (Å²) < 4.78 is 1.87. The van der Waals surface area contributed by atoms with Crippen LogP contribution in [-0.4, -0.2) is 24.7 Å². The van der Waals surface area contributed by atoms with E-state index < -0.39 is 0 Å². The quantitative estimate of drug-likeness (QED) is 0.733. The highest BCUT2D eigenvalue weighted by Crippen LogP contribution is 2.22. The van der Waals surface area contributed by atoms with E-state index in [1.807, 2.05) is 35.3 Å². The SMILES string of the molecule is Cn1cnc(-c2n[nH]c(-c3cccs3)n2)c1. The number of nitrogens with one attached hydrogen (secondary N) is 1. The highest BCUT2D eigenvalue weighted by Gasteiger charge is 2.09. The molecule has 0 spiro atoms. The zero-order valence-electron chi connectivity index (χ0n) is 8.58. The Morgan fingerprint density at radius 2 is 2.38 bits per heavy atom. The summed E-state index contributed by atoms with van der Waals surface area (Å²) >= 11 is 1.63. The Labute approximate surface area is 95.8 Å². The average molecular weight is 231 g/mol. The number of imidazole rings is 1. The molecule has 0 aliphatic heterocycles. The van der Waals surface area contributed by atoms with Gasteiger partial charge in [0.2, 0.25) is 5.82 Å². The van der Waals surface area contributed by atoms with Gasteiger partial charge in [0.1, 0.15) is 5.69 Å². The van der Waals surface area contributed by atoms with Gasteiger partial charge in [0.25, 0.3) is 0 Å². The maximum Gasteiger partial charge on any atom is 0.201 e. The number of rotatable bonds is 2. The maximum absolute atomic E-state index is 4.40. The Bertz CT molecular complexity index is 592. The monoisotopic (exact) mass is 231 g/mol. The van der Waals surface area contributed by atoms with E-state index >= 15 is 0 Å². The van der Waals surface area contributed by atoms with E-state index in [0.717, 1.165) is 16.4 Å². The maximum atomic E-state index is 4.40. The molecular formula is C10H9N5S. The summed E-state index contributed by atoms with van der Waals surface area (Å²) in [6, 6.07) is 4.00. The molecule has 0 saturated heterocycles. The molecule has 0 atom stereocenters. The zero-order valence-corrected chi connectivity index (χ0v) is 9.40. The number of aromatic nitrogens is 5. The van der Waals surface area contributed by atoms with Crippen molar-refractivity contribution in [2.24, 2.45) is 7.05 Å². The molecule has 0 aliphatic rings. The second kappa shape index (κ2) is 3.57. The molecule has 3 aromatic rings. The predicted octanol–water partition coefficient (Wildman–Crippen LogP) is 1.93. The number of aryl methyl sites for hydroxylation is 1. The van der Waals surface area contributed by atoms with Crippen LogP contribution in [-0.2, 0) is 7.05 Å². The first-order valence-electron chi connectivity index (χ1n) is 4.77. The predicted molar refractivity (Wildman–Crippen MR) is 61.9 cm³/mol. The molecule has 16 heavy (non-hydrogen) atoms. The van der Waals surface area contributed by atoms with Crippen LogP contribution >= 0.6 is 11.3 Å². The average Bonchev–Trinajstić information content (AvgIpc) is 2.97. The highest BCUT2D eigenvalue weighted by atomic mass is 32.1. The third-order valence-electron chi connectivity index (χ3n) is 2.17. The van der Waals surface area contributed by atoms with Crippen LogP contribution in [0.3, 0.4) is 0 Å². The van der Waals surface area contributed by atoms with Crippen LogP contribution in [0.5, 0.6) is 0 Å². The summed E-state index contributed by atoms with van der Waals surface area (Å²) in [6.45, 7) is 0. The van der Waals surface area contributed by atoms with Crippen LogP contribution in [0.15, 0.2) is 30.0 Å². The fourth-order valence-corrected chi connectivity index (χ4v) is 2.09. The molecule has 3 aromatic heterocycles. The van der Waals surface area contributed by atoms with Gasteiger partial charge in [-0.2, -0.15) is 5.10 Å². The highest BCUT2D eigenvalue weighted by molar-refractivity contribution is 7.13. The summed E-state index contributed by atoms with van der Waals surface area (Å²) in [4.78, 5) is 9.68. The van der Waals surface area contributed by atoms with Gasteiger partial charge in [0.15, 0.2) is 5.82 Å². The molecule has 0 radical (unpaired) electrons. The van der Waals surface area contributed by atoms with Crippen LogP contribution in [0.4, 0.5) is 0 Å². The van der Waals surface area contributed by atoms with Gasteiger partial charge in [-0.3, -0.25) is 5.10 Å². The summed E-state index contributed by atoms with van der Waals surface area (Å²) in [5.74, 6) is 1.42. The molecule has 5 nitrogen and oxygen atoms in total. The lowest BCUT2D eigenvalue weighted by Gasteiger charge is -1.86. The molecule has 1 N–H and O–H groups in total. The number of aromatic amines is 1. The number of hydrogen-bond acceptors (Lipinski definition) is 4. The zero-order chi connectivity index (χ0) is 11.0. The molecular weight excluding hydrogens is 222 g/mol. The van der Waals surface area contributed by atoms with Gasteiger partial charge in [-0.05, 0) is 11.4 Å². The summed E-state index contributed by atoms with van der Waals surface area (Å²) in [6.07, 6.45) is 3.62. The van der Waals surface area contributed by atoms with Gasteiger partial charge < -0.3 is 4.57 Å². The lowest BCUT2D eigenvalue weighted by atomic mass is 10.4. The number of hydrogen-bond donors (Lipinski definition) is 1. The molecule has 3 rings (SSSR count). The minimum atomic E-state index is 0.629. The van der Waals surface area contributed by atoms with Crippen molar-refractivity contribution < 1.29 is 0 Å². The standard InChI is InChI=1S/C10H9N5S/c1-15-5-7(11-6-15)9-12-10(14-13-9)8-3-2-4-16-8/h2-6H,1H3,(H,12,13,14). The first-order chi connectivity index (χ1) is 7.83. The normalized spacial score (nSPS) is 10.8. The molecule has 0 saturated carbocycles. The summed E-state index contributed by atoms with van der Waals surface area (Å²) in [5, 5.41) is 9.08. The van der Waals surface area contributed by atoms with Gasteiger partial charge in [-0.25, -0.2) is 9.97 Å². The van der Waals surface area contributed by atoms with E-state index in [0.29, 0.717) is 5.82 Å². The van der Waals surface area contributed by atoms with E-state index in [1.54, 1.807) is 17.7 Å². The molecule has 0 amide bonds. The van der Waals surface area contributed by atoms with E-state index in [9.17, 15) is 0 Å². The number of thiophene rings is 1. The van der Waals surface area contributed by atoms with Crippen LogP contribution in [0.1, 0.15) is 0 Å². The molecule has 6 heteroatoms. The Morgan fingerprint density at radius 1 is 1.44 bits per heavy atom. The van der Waals surface area contributed by atoms with Crippen molar-refractivity contribution in [2.75, 3.05) is 0 Å². The van der Waals surface area contributed by atoms with Crippen molar-refractivity contribution >= 4 is 11.3 Å². The van der Waals surface area contributed by atoms with Crippen LogP contribution in [0, 0.1) is 0 Å². The van der Waals surface area contributed by atoms with Gasteiger partial charge in [0, 0.05) is 13.2 Å². The van der Waals surface area contributed by atoms with E-state index in [4.69, 9.17) is 0 Å². The van der Waals surface area contributed by atoms with Crippen molar-refractivity contribution in [2.45, 2.75) is 0 Å². The van der Waals surface area contributed by atoms with E-state index in [1.165, 1.54) is 0 Å². The third kappa shape index (κ3) is 1.53. The second-order valence-corrected chi connectivity index (χ2v) is 4.36. The number of nitrogens with zero attached hydrogens (tertiary/aromatic N) is 4. The van der Waals surface area contributed by atoms with Crippen LogP contribution in [0.2, 0.25) is 0 Å². The second-order valence-electron chi connectivity index (χ2n) is 3.41. The first-order valence-corrected chi connectivity index (χ1v) is 5.65. The van der Waals surface area contributed by atoms with E-state index in [-0.39, 0.29) is 0 Å². The first kappa shape index (κ1) is 9.29. The van der Waals surface area contributed by atoms with Crippen LogP contribution in [0.25, 0.3) is 22.2 Å². The molecule has 0 aromatic carbocycles. The van der Waals surface area contributed by atoms with Gasteiger partial charge in [-0.15, -0.1) is 11.3 Å². The van der Waals surface area contributed by atoms with Crippen molar-refractivity contribution in [3.63, 3.8) is 0 Å². The Balaban J connectivity index is 2.00. The Morgan fingerprint density at radius 3 is 3.06 bits per heavy atom. The van der Waals surface area contributed by atoms with Crippen molar-refractivity contribution in [3.05, 3.63) is 30.0 Å². The molecule has 0 unspecified atom stereocenters. The fourth-order valence-electron chi connectivity index (χ4n) is 1.43. The van der Waals surface area contributed by atoms with Crippen molar-refractivity contribution in [1.29, 1.82) is 0 Å². The van der Waals surface area contributed by atoms with Crippen molar-refractivity contribution in [1.82, 2.24) is 24.7 Å². The smallest absolute Gasteiger partial charge is 0.201 e. The Hall–Kier alpha value is -1.95. The lowest BCUT2D eigenvalue weighted by Crippen LogP contribution is -1.80. The largest absolute Gasteiger partial charge is 0.340 e. The minimum Gasteiger partial charge on any atom is -0.340 e. The van der Waals surface area contributed by atoms with E-state index in [2.05, 4.69) is 20.2 Å². The third-order valence-corrected chi connectivity index (χ3v) is 3.05. The summed E-state index contributed by atoms with van der Waals surface area (Å²) in [5.41, 5.74) is 0.779. The molecule has 0 bridgehead atoms. The lowest BCUT2D eigenvalue weighted by molar-refractivity contribution is 0.913. The topological polar surface area (TPSA) is 59.4 Å². The molecule has 0 fully saturated rings. The number of H-pyrrole nitrogens is 1. The summed E-state index contributed by atoms with van der Waals surface area (Å²) in [7, 11) is 1.92. The molecule has 0 aliphatic carbocycles. The van der Waals surface area contributed by atoms with Gasteiger partial charge in [-0.1, -0.05) is 6.07 Å². The van der Waals surface area contributed by atoms with Crippen molar-refractivity contribution in [3.8, 4) is 22.2 Å². The molecule has 3 heterocycles. The van der Waals surface area contributed by atoms with Crippen LogP contribution < -0.4 is 0 Å². The van der Waals surface area contributed by atoms with Gasteiger partial charge >= 0.3 is 0 Å². The molecule has 80 valence electrons.